The number of carbonyl (C=O) groups is 2. The van der Waals surface area contributed by atoms with Crippen LogP contribution in [0.25, 0.3) is 5.57 Å². The van der Waals surface area contributed by atoms with Crippen molar-refractivity contribution in [2.45, 2.75) is 6.10 Å². The Balaban J connectivity index is 2.04. The fourth-order valence-corrected chi connectivity index (χ4v) is 4.40. The van der Waals surface area contributed by atoms with Crippen molar-refractivity contribution in [3.05, 3.63) is 85.8 Å². The van der Waals surface area contributed by atoms with E-state index in [9.17, 15) is 19.8 Å². The molecule has 136 valence electrons. The Labute approximate surface area is 171 Å². The molecule has 2 aliphatic carbocycles. The lowest BCUT2D eigenvalue weighted by atomic mass is 9.77. The maximum Gasteiger partial charge on any atom is 0.336 e. The summed E-state index contributed by atoms with van der Waals surface area (Å²) < 4.78 is 6.75. The number of carbonyl (C=O) groups excluding carboxylic acids is 1. The summed E-state index contributed by atoms with van der Waals surface area (Å²) in [6.07, 6.45) is 5.79. The molecule has 5 nitrogen and oxygen atoms in total. The standard InChI is InChI=1S/C20H12Br2O5/c21-16-13(23)7-5-11-15(9-3-1-2-4-10(9)20(25)26)12-6-8-14(24)17(22)19(12)27-18(11)16/h1-8,11,18,23H,(H,25,26). The molecule has 1 aliphatic heterocycles. The molecule has 0 spiro atoms. The zero-order valence-electron chi connectivity index (χ0n) is 13.6. The van der Waals surface area contributed by atoms with E-state index in [1.165, 1.54) is 6.08 Å². The molecule has 4 rings (SSSR count). The molecule has 3 aliphatic rings. The number of aliphatic hydroxyl groups is 1. The number of hydrogen-bond donors (Lipinski definition) is 2. The largest absolute Gasteiger partial charge is 0.507 e. The Morgan fingerprint density at radius 2 is 1.85 bits per heavy atom. The van der Waals surface area contributed by atoms with Crippen LogP contribution in [0.3, 0.4) is 0 Å². The van der Waals surface area contributed by atoms with E-state index in [2.05, 4.69) is 31.9 Å². The Kier molecular flexibility index (Phi) is 4.44. The first-order chi connectivity index (χ1) is 12.9. The highest BCUT2D eigenvalue weighted by atomic mass is 79.9. The van der Waals surface area contributed by atoms with Gasteiger partial charge in [0.25, 0.3) is 0 Å². The van der Waals surface area contributed by atoms with Crippen molar-refractivity contribution in [1.82, 2.24) is 0 Å². The summed E-state index contributed by atoms with van der Waals surface area (Å²) in [5, 5.41) is 19.7. The Morgan fingerprint density at radius 1 is 1.11 bits per heavy atom. The van der Waals surface area contributed by atoms with Crippen LogP contribution in [0.15, 0.2) is 74.6 Å². The van der Waals surface area contributed by atoms with Gasteiger partial charge in [-0.05, 0) is 67.3 Å². The lowest BCUT2D eigenvalue weighted by Crippen LogP contribution is -2.33. The second kappa shape index (κ2) is 6.65. The van der Waals surface area contributed by atoms with E-state index < -0.39 is 12.1 Å². The predicted octanol–water partition coefficient (Wildman–Crippen LogP) is 4.63. The molecule has 1 aromatic carbocycles. The lowest BCUT2D eigenvalue weighted by molar-refractivity contribution is -0.111. The van der Waals surface area contributed by atoms with E-state index >= 15 is 0 Å². The number of allylic oxidation sites excluding steroid dienone is 4. The number of ether oxygens (including phenoxy) is 1. The summed E-state index contributed by atoms with van der Waals surface area (Å²) in [4.78, 5) is 23.9. The number of benzene rings is 1. The first-order valence-electron chi connectivity index (χ1n) is 8.03. The number of halogens is 2. The van der Waals surface area contributed by atoms with Gasteiger partial charge in [-0.2, -0.15) is 0 Å². The van der Waals surface area contributed by atoms with Crippen LogP contribution in [-0.2, 0) is 9.53 Å². The predicted molar refractivity (Wildman–Crippen MR) is 107 cm³/mol. The molecule has 1 heterocycles. The van der Waals surface area contributed by atoms with E-state index in [0.29, 0.717) is 21.4 Å². The number of aliphatic hydroxyl groups excluding tert-OH is 1. The highest BCUT2D eigenvalue weighted by molar-refractivity contribution is 9.12. The molecule has 1 aromatic rings. The minimum atomic E-state index is -1.04. The number of ketones is 1. The summed E-state index contributed by atoms with van der Waals surface area (Å²) in [5.41, 5.74) is 2.06. The molecule has 2 unspecified atom stereocenters. The van der Waals surface area contributed by atoms with E-state index in [-0.39, 0.29) is 27.5 Å². The third-order valence-corrected chi connectivity index (χ3v) is 6.27. The molecular formula is C20H12Br2O5. The molecular weight excluding hydrogens is 480 g/mol. The van der Waals surface area contributed by atoms with Gasteiger partial charge in [-0.3, -0.25) is 4.79 Å². The van der Waals surface area contributed by atoms with Crippen LogP contribution < -0.4 is 0 Å². The van der Waals surface area contributed by atoms with Gasteiger partial charge in [-0.25, -0.2) is 4.79 Å². The van der Waals surface area contributed by atoms with Gasteiger partial charge >= 0.3 is 5.97 Å². The van der Waals surface area contributed by atoms with Crippen molar-refractivity contribution < 1.29 is 24.5 Å². The van der Waals surface area contributed by atoms with Crippen molar-refractivity contribution in [2.75, 3.05) is 0 Å². The van der Waals surface area contributed by atoms with Gasteiger partial charge in [-0.15, -0.1) is 0 Å². The molecule has 0 fully saturated rings. The van der Waals surface area contributed by atoms with Gasteiger partial charge in [0.1, 0.15) is 22.1 Å². The third kappa shape index (κ3) is 2.82. The van der Waals surface area contributed by atoms with Crippen molar-refractivity contribution >= 4 is 49.2 Å². The molecule has 0 bridgehead atoms. The summed E-state index contributed by atoms with van der Waals surface area (Å²) in [6, 6.07) is 6.72. The van der Waals surface area contributed by atoms with Gasteiger partial charge in [0, 0.05) is 11.5 Å². The molecule has 2 atom stereocenters. The summed E-state index contributed by atoms with van der Waals surface area (Å²) >= 11 is 6.65. The third-order valence-electron chi connectivity index (χ3n) is 4.66. The van der Waals surface area contributed by atoms with Gasteiger partial charge < -0.3 is 14.9 Å². The Hall–Kier alpha value is -2.38. The van der Waals surface area contributed by atoms with Gasteiger partial charge in [0.2, 0.25) is 0 Å². The number of carboxylic acids is 1. The fraction of sp³-hybridized carbons (Fsp3) is 0.100. The van der Waals surface area contributed by atoms with Gasteiger partial charge in [0.15, 0.2) is 5.78 Å². The van der Waals surface area contributed by atoms with Crippen LogP contribution in [0, 0.1) is 5.92 Å². The molecule has 0 saturated heterocycles. The summed E-state index contributed by atoms with van der Waals surface area (Å²) in [7, 11) is 0. The smallest absolute Gasteiger partial charge is 0.336 e. The van der Waals surface area contributed by atoms with E-state index in [1.807, 2.05) is 0 Å². The molecule has 0 aromatic heterocycles. The second-order valence-corrected chi connectivity index (χ2v) is 7.82. The summed E-state index contributed by atoms with van der Waals surface area (Å²) in [6.45, 7) is 0. The minimum absolute atomic E-state index is 0.0278. The number of hydrogen-bond acceptors (Lipinski definition) is 4. The van der Waals surface area contributed by atoms with Crippen LogP contribution in [0.5, 0.6) is 0 Å². The average molecular weight is 492 g/mol. The molecule has 0 saturated carbocycles. The van der Waals surface area contributed by atoms with Crippen LogP contribution in [-0.4, -0.2) is 28.1 Å². The van der Waals surface area contributed by atoms with Crippen molar-refractivity contribution in [2.24, 2.45) is 5.92 Å². The quantitative estimate of drug-likeness (QED) is 0.630. The highest BCUT2D eigenvalue weighted by Gasteiger charge is 2.41. The maximum absolute atomic E-state index is 12.1. The summed E-state index contributed by atoms with van der Waals surface area (Å²) in [5.74, 6) is -1.26. The van der Waals surface area contributed by atoms with Crippen molar-refractivity contribution in [3.8, 4) is 0 Å². The van der Waals surface area contributed by atoms with Crippen molar-refractivity contribution in [1.29, 1.82) is 0 Å². The highest BCUT2D eigenvalue weighted by Crippen LogP contribution is 2.49. The first-order valence-corrected chi connectivity index (χ1v) is 9.61. The number of rotatable bonds is 2. The monoisotopic (exact) mass is 490 g/mol. The molecule has 2 N–H and O–H groups in total. The van der Waals surface area contributed by atoms with Crippen LogP contribution in [0.2, 0.25) is 0 Å². The zero-order chi connectivity index (χ0) is 19.3. The molecule has 27 heavy (non-hydrogen) atoms. The van der Waals surface area contributed by atoms with E-state index in [1.54, 1.807) is 42.5 Å². The number of carboxylic acid groups (broad SMARTS) is 1. The lowest BCUT2D eigenvalue weighted by Gasteiger charge is -2.38. The minimum Gasteiger partial charge on any atom is -0.507 e. The Morgan fingerprint density at radius 3 is 2.59 bits per heavy atom. The maximum atomic E-state index is 12.1. The van der Waals surface area contributed by atoms with Gasteiger partial charge in [0.05, 0.1) is 10.0 Å². The van der Waals surface area contributed by atoms with Gasteiger partial charge in [-0.1, -0.05) is 24.3 Å². The molecule has 0 amide bonds. The average Bonchev–Trinajstić information content (AvgIpc) is 2.66. The normalized spacial score (nSPS) is 24.0. The Bertz CT molecular complexity index is 1040. The topological polar surface area (TPSA) is 83.8 Å². The number of fused-ring (bicyclic) bond motifs is 2. The van der Waals surface area contributed by atoms with Crippen LogP contribution in [0.4, 0.5) is 0 Å². The van der Waals surface area contributed by atoms with E-state index in [4.69, 9.17) is 4.74 Å². The van der Waals surface area contributed by atoms with Crippen molar-refractivity contribution in [3.63, 3.8) is 0 Å². The molecule has 7 heteroatoms. The SMILES string of the molecule is O=C1C=CC2=C(c3ccccc3C(=O)O)C3C=CC(O)=C(Br)C3OC2=C1Br. The van der Waals surface area contributed by atoms with Crippen LogP contribution in [0.1, 0.15) is 15.9 Å². The number of aromatic carboxylic acids is 1. The zero-order valence-corrected chi connectivity index (χ0v) is 16.8. The fourth-order valence-electron chi connectivity index (χ4n) is 3.45. The second-order valence-electron chi connectivity index (χ2n) is 6.18. The molecule has 0 radical (unpaired) electrons. The first kappa shape index (κ1) is 18.0. The van der Waals surface area contributed by atoms with Crippen LogP contribution >= 0.6 is 31.9 Å². The van der Waals surface area contributed by atoms with E-state index in [0.717, 1.165) is 5.57 Å².